The molecule has 0 fully saturated rings. The highest BCUT2D eigenvalue weighted by molar-refractivity contribution is 7.24. The van der Waals surface area contributed by atoms with E-state index in [0.717, 1.165) is 6.61 Å². The maximum Gasteiger partial charge on any atom is 0.165 e. The largest absolute Gasteiger partial charge is 0.402 e. The van der Waals surface area contributed by atoms with Gasteiger partial charge in [-0.3, -0.25) is 0 Å². The van der Waals surface area contributed by atoms with Gasteiger partial charge in [-0.2, -0.15) is 11.1 Å². The van der Waals surface area contributed by atoms with Crippen LogP contribution in [0.15, 0.2) is 0 Å². The van der Waals surface area contributed by atoms with Gasteiger partial charge in [0.1, 0.15) is 14.6 Å². The minimum atomic E-state index is -0.367. The Kier molecular flexibility index (Phi) is 7.24. The smallest absolute Gasteiger partial charge is 0.165 e. The molecule has 0 aliphatic heterocycles. The third kappa shape index (κ3) is 6.53. The van der Waals surface area contributed by atoms with Crippen LogP contribution in [0.2, 0.25) is 0 Å². The molecule has 0 saturated carbocycles. The van der Waals surface area contributed by atoms with Crippen molar-refractivity contribution in [2.45, 2.75) is 20.1 Å². The molecule has 0 aliphatic carbocycles. The van der Waals surface area contributed by atoms with Crippen molar-refractivity contribution in [1.82, 2.24) is 0 Å². The lowest BCUT2D eigenvalue weighted by Crippen LogP contribution is -2.17. The van der Waals surface area contributed by atoms with Gasteiger partial charge in [0.05, 0.1) is 0 Å². The van der Waals surface area contributed by atoms with Gasteiger partial charge >= 0.3 is 0 Å². The van der Waals surface area contributed by atoms with Crippen molar-refractivity contribution in [3.05, 3.63) is 0 Å². The Labute approximate surface area is 65.1 Å². The Morgan fingerprint density at radius 2 is 2.33 bits per heavy atom. The van der Waals surface area contributed by atoms with E-state index in [9.17, 15) is 0 Å². The van der Waals surface area contributed by atoms with Gasteiger partial charge in [-0.1, -0.05) is 0 Å². The molecule has 0 aromatic carbocycles. The van der Waals surface area contributed by atoms with Gasteiger partial charge < -0.3 is 9.16 Å². The van der Waals surface area contributed by atoms with Gasteiger partial charge in [-0.25, -0.2) is 0 Å². The van der Waals surface area contributed by atoms with Crippen LogP contribution < -0.4 is 0 Å². The van der Waals surface area contributed by atoms with E-state index in [0.29, 0.717) is 0 Å². The molecule has 0 spiro atoms. The number of rotatable bonds is 5. The molecule has 0 rings (SSSR count). The van der Waals surface area contributed by atoms with Crippen molar-refractivity contribution in [2.24, 2.45) is 0 Å². The Balaban J connectivity index is 2.95. The summed E-state index contributed by atoms with van der Waals surface area (Å²) in [6, 6.07) is 0. The molecule has 1 unspecified atom stereocenters. The van der Waals surface area contributed by atoms with Crippen molar-refractivity contribution in [2.75, 3.05) is 6.61 Å². The summed E-state index contributed by atoms with van der Waals surface area (Å²) in [7, 11) is -0.704. The molecule has 9 heavy (non-hydrogen) atoms. The van der Waals surface area contributed by atoms with Crippen LogP contribution in [0, 0.1) is 0 Å². The zero-order chi connectivity index (χ0) is 7.11. The van der Waals surface area contributed by atoms with E-state index in [4.69, 9.17) is 20.2 Å². The molecule has 0 bridgehead atoms. The zero-order valence-electron chi connectivity index (χ0n) is 5.89. The first-order valence-corrected chi connectivity index (χ1v) is 9.82. The van der Waals surface area contributed by atoms with E-state index >= 15 is 0 Å². The molecule has 56 valence electrons. The van der Waals surface area contributed by atoms with Crippen LogP contribution in [-0.2, 0) is 9.16 Å². The van der Waals surface area contributed by atoms with Crippen molar-refractivity contribution in [3.63, 3.8) is 0 Å². The summed E-state index contributed by atoms with van der Waals surface area (Å²) >= 11 is 5.57. The molecule has 5 heteroatoms. The van der Waals surface area contributed by atoms with Gasteiger partial charge in [-0.05, 0) is 13.8 Å². The highest BCUT2D eigenvalue weighted by Gasteiger charge is 1.97. The fourth-order valence-corrected chi connectivity index (χ4v) is 3.08. The predicted molar refractivity (Wildman–Crippen MR) is 45.1 cm³/mol. The van der Waals surface area contributed by atoms with E-state index in [1.54, 1.807) is 0 Å². The number of halogens is 1. The van der Waals surface area contributed by atoms with E-state index in [-0.39, 0.29) is 23.9 Å². The highest BCUT2D eigenvalue weighted by Crippen LogP contribution is 1.90. The van der Waals surface area contributed by atoms with Crippen LogP contribution in [-0.4, -0.2) is 30.5 Å². The van der Waals surface area contributed by atoms with E-state index in [1.807, 2.05) is 13.8 Å². The minimum Gasteiger partial charge on any atom is -0.402 e. The van der Waals surface area contributed by atoms with Crippen molar-refractivity contribution in [3.8, 4) is 0 Å². The summed E-state index contributed by atoms with van der Waals surface area (Å²) in [5, 5.41) is 0. The molecule has 0 radical (unpaired) electrons. The first-order valence-electron chi connectivity index (χ1n) is 3.10. The zero-order valence-corrected chi connectivity index (χ0v) is 9.48. The Morgan fingerprint density at radius 1 is 1.67 bits per heavy atom. The van der Waals surface area contributed by atoms with Crippen LogP contribution in [0.5, 0.6) is 0 Å². The van der Waals surface area contributed by atoms with Crippen LogP contribution in [0.1, 0.15) is 13.8 Å². The summed E-state index contributed by atoms with van der Waals surface area (Å²) in [4.78, 5) is 0. The normalized spacial score (nSPS) is 16.3. The lowest BCUT2D eigenvalue weighted by Gasteiger charge is -2.10. The topological polar surface area (TPSA) is 18.5 Å². The lowest BCUT2D eigenvalue weighted by molar-refractivity contribution is -0.0585. The summed E-state index contributed by atoms with van der Waals surface area (Å²) in [5.74, 6) is 0. The molecule has 0 aromatic heterocycles. The average molecular weight is 185 g/mol. The molecular weight excluding hydrogens is 172 g/mol. The first-order chi connectivity index (χ1) is 4.31. The van der Waals surface area contributed by atoms with Gasteiger partial charge in [-0.15, -0.1) is 0 Å². The fraction of sp³-hybridized carbons (Fsp3) is 1.00. The van der Waals surface area contributed by atoms with E-state index in [1.165, 1.54) is 0 Å². The maximum absolute atomic E-state index is 5.57. The van der Waals surface area contributed by atoms with Crippen LogP contribution >= 0.6 is 11.1 Å². The van der Waals surface area contributed by atoms with Crippen LogP contribution in [0.3, 0.4) is 0 Å². The van der Waals surface area contributed by atoms with Gasteiger partial charge in [0.25, 0.3) is 0 Å². The second-order valence-corrected chi connectivity index (χ2v) is 8.46. The van der Waals surface area contributed by atoms with Crippen molar-refractivity contribution in [1.29, 1.82) is 0 Å². The number of hydrogen-bond acceptors (Lipinski definition) is 2. The van der Waals surface area contributed by atoms with Crippen LogP contribution in [0.25, 0.3) is 0 Å². The van der Waals surface area contributed by atoms with Gasteiger partial charge in [0, 0.05) is 6.61 Å². The quantitative estimate of drug-likeness (QED) is 0.332. The van der Waals surface area contributed by atoms with Crippen molar-refractivity contribution >= 4 is 28.7 Å². The third-order valence-corrected chi connectivity index (χ3v) is 4.25. The van der Waals surface area contributed by atoms with Crippen molar-refractivity contribution < 1.29 is 9.16 Å². The van der Waals surface area contributed by atoms with E-state index < -0.39 is 0 Å². The summed E-state index contributed by atoms with van der Waals surface area (Å²) in [6.45, 7) is 4.59. The molecule has 0 heterocycles. The maximum atomic E-state index is 5.57. The second-order valence-electron chi connectivity index (χ2n) is 1.58. The van der Waals surface area contributed by atoms with Crippen LogP contribution in [0.4, 0.5) is 0 Å². The lowest BCUT2D eigenvalue weighted by atomic mass is 10.7. The Hall–Kier alpha value is 0.644. The van der Waals surface area contributed by atoms with Gasteiger partial charge in [0.15, 0.2) is 9.28 Å². The molecule has 0 aromatic rings. The number of hydrogen-bond donors (Lipinski definition) is 0. The molecule has 0 N–H and O–H groups in total. The summed E-state index contributed by atoms with van der Waals surface area (Å²) in [6.07, 6.45) is -0.0204. The predicted octanol–water partition coefficient (Wildman–Crippen LogP) is -0.293. The minimum absolute atomic E-state index is 0.0204. The van der Waals surface area contributed by atoms with Gasteiger partial charge in [0.2, 0.25) is 0 Å². The molecule has 0 saturated heterocycles. The number of ether oxygens (including phenoxy) is 1. The average Bonchev–Trinajstić information content (AvgIpc) is 1.85. The molecule has 0 amide bonds. The summed E-state index contributed by atoms with van der Waals surface area (Å²) in [5.41, 5.74) is 0. The summed E-state index contributed by atoms with van der Waals surface area (Å²) < 4.78 is 10.4. The molecule has 1 atom stereocenters. The molecule has 0 aliphatic rings. The highest BCUT2D eigenvalue weighted by atomic mass is 35.6. The molecular formula is C4H13ClO2Si2. The monoisotopic (exact) mass is 184 g/mol. The van der Waals surface area contributed by atoms with E-state index in [2.05, 4.69) is 0 Å². The SMILES string of the molecule is CCOC(C)O[SiH2][SiH2]Cl. The first kappa shape index (κ1) is 9.64. The fourth-order valence-electron chi connectivity index (χ4n) is 0.493. The standard InChI is InChI=1S/C4H13ClO2Si2/c1-3-6-4(2)7-9-8-5/h4H,3,8-9H2,1-2H3. The Morgan fingerprint density at radius 3 is 2.78 bits per heavy atom. The second kappa shape index (κ2) is 6.76. The third-order valence-electron chi connectivity index (χ3n) is 0.831. The molecule has 2 nitrogen and oxygen atoms in total. The Bertz CT molecular complexity index is 64.5.